The number of halogens is 1. The monoisotopic (exact) mass is 402 g/mol. The molecule has 150 valence electrons. The molecule has 0 aliphatic carbocycles. The van der Waals surface area contributed by atoms with Crippen LogP contribution < -0.4 is 5.32 Å². The number of hydrogen-bond donors (Lipinski definition) is 1. The van der Waals surface area contributed by atoms with Crippen molar-refractivity contribution >= 4 is 33.7 Å². The molecule has 1 N–H and O–H groups in total. The fraction of sp³-hybridized carbons (Fsp3) is 0.125. The van der Waals surface area contributed by atoms with E-state index in [9.17, 15) is 14.0 Å². The molecule has 1 heterocycles. The number of benzene rings is 3. The first-order chi connectivity index (χ1) is 14.6. The van der Waals surface area contributed by atoms with Crippen LogP contribution in [0.25, 0.3) is 21.8 Å². The maximum atomic E-state index is 14.1. The summed E-state index contributed by atoms with van der Waals surface area (Å²) in [6, 6.07) is 19.7. The Kier molecular flexibility index (Phi) is 5.39. The first-order valence-electron chi connectivity index (χ1n) is 9.48. The van der Waals surface area contributed by atoms with Crippen LogP contribution in [-0.2, 0) is 16.0 Å². The number of rotatable bonds is 5. The molecule has 0 spiro atoms. The van der Waals surface area contributed by atoms with Crippen molar-refractivity contribution in [3.8, 4) is 0 Å². The number of carbonyl (C=O) groups is 2. The van der Waals surface area contributed by atoms with Gasteiger partial charge in [0, 0.05) is 17.2 Å². The molecule has 3 aromatic carbocycles. The molecule has 5 nitrogen and oxygen atoms in total. The number of methoxy groups -OCH3 is 1. The number of esters is 1. The first kappa shape index (κ1) is 19.5. The topological polar surface area (TPSA) is 68.3 Å². The molecule has 0 saturated heterocycles. The van der Waals surface area contributed by atoms with Crippen LogP contribution in [0.1, 0.15) is 15.9 Å². The maximum Gasteiger partial charge on any atom is 0.328 e. The number of carbonyl (C=O) groups excluding carboxylic acids is 2. The predicted molar refractivity (Wildman–Crippen MR) is 113 cm³/mol. The standard InChI is InChI=1S/C24H19FN2O3/c1-30-24(29)21(14-15-8-2-5-11-18(15)25)27-23(28)22-16-9-3-6-12-19(16)26-20-13-7-4-10-17(20)22/h2-13,21H,14H2,1H3,(H,27,28)/t21-/m1/s1. The van der Waals surface area contributed by atoms with E-state index < -0.39 is 23.7 Å². The number of amides is 1. The van der Waals surface area contributed by atoms with E-state index in [0.29, 0.717) is 32.9 Å². The highest BCUT2D eigenvalue weighted by molar-refractivity contribution is 6.16. The Morgan fingerprint density at radius 1 is 0.933 bits per heavy atom. The minimum absolute atomic E-state index is 0.0218. The van der Waals surface area contributed by atoms with Crippen LogP contribution in [0.15, 0.2) is 72.8 Å². The van der Waals surface area contributed by atoms with Crippen LogP contribution >= 0.6 is 0 Å². The van der Waals surface area contributed by atoms with Crippen LogP contribution in [0.3, 0.4) is 0 Å². The normalized spacial score (nSPS) is 11.9. The van der Waals surface area contributed by atoms with Crippen molar-refractivity contribution in [2.75, 3.05) is 7.11 Å². The van der Waals surface area contributed by atoms with Crippen molar-refractivity contribution in [1.29, 1.82) is 0 Å². The molecule has 0 radical (unpaired) electrons. The van der Waals surface area contributed by atoms with E-state index in [-0.39, 0.29) is 6.42 Å². The smallest absolute Gasteiger partial charge is 0.328 e. The van der Waals surface area contributed by atoms with Gasteiger partial charge in [-0.2, -0.15) is 0 Å². The highest BCUT2D eigenvalue weighted by Crippen LogP contribution is 2.26. The highest BCUT2D eigenvalue weighted by Gasteiger charge is 2.25. The third-order valence-corrected chi connectivity index (χ3v) is 4.99. The number of nitrogens with zero attached hydrogens (tertiary/aromatic N) is 1. The van der Waals surface area contributed by atoms with Crippen LogP contribution in [0.2, 0.25) is 0 Å². The van der Waals surface area contributed by atoms with Crippen molar-refractivity contribution in [1.82, 2.24) is 10.3 Å². The van der Waals surface area contributed by atoms with Crippen molar-refractivity contribution in [2.45, 2.75) is 12.5 Å². The molecule has 30 heavy (non-hydrogen) atoms. The lowest BCUT2D eigenvalue weighted by atomic mass is 10.0. The van der Waals surface area contributed by atoms with Crippen molar-refractivity contribution in [2.24, 2.45) is 0 Å². The third kappa shape index (κ3) is 3.72. The van der Waals surface area contributed by atoms with Crippen LogP contribution in [0.4, 0.5) is 4.39 Å². The van der Waals surface area contributed by atoms with E-state index in [0.717, 1.165) is 0 Å². The van der Waals surface area contributed by atoms with E-state index in [2.05, 4.69) is 10.3 Å². The summed E-state index contributed by atoms with van der Waals surface area (Å²) < 4.78 is 19.0. The Bertz CT molecular complexity index is 1200. The number of ether oxygens (including phenoxy) is 1. The van der Waals surface area contributed by atoms with E-state index in [1.165, 1.54) is 13.2 Å². The summed E-state index contributed by atoms with van der Waals surface area (Å²) in [5, 5.41) is 4.08. The third-order valence-electron chi connectivity index (χ3n) is 4.99. The molecule has 0 aliphatic rings. The fourth-order valence-electron chi connectivity index (χ4n) is 3.53. The second kappa shape index (κ2) is 8.29. The molecule has 1 amide bonds. The number of fused-ring (bicyclic) bond motifs is 2. The summed E-state index contributed by atoms with van der Waals surface area (Å²) in [6.45, 7) is 0. The average molecular weight is 402 g/mol. The fourth-order valence-corrected chi connectivity index (χ4v) is 3.53. The Morgan fingerprint density at radius 2 is 1.50 bits per heavy atom. The summed E-state index contributed by atoms with van der Waals surface area (Å²) in [5.74, 6) is -1.54. The van der Waals surface area contributed by atoms with Gasteiger partial charge in [0.25, 0.3) is 5.91 Å². The lowest BCUT2D eigenvalue weighted by Crippen LogP contribution is -2.43. The molecular weight excluding hydrogens is 383 g/mol. The number of para-hydroxylation sites is 2. The predicted octanol–water partition coefficient (Wildman–Crippen LogP) is 4.04. The number of aromatic nitrogens is 1. The number of hydrogen-bond acceptors (Lipinski definition) is 4. The molecule has 0 fully saturated rings. The second-order valence-electron chi connectivity index (χ2n) is 6.87. The highest BCUT2D eigenvalue weighted by atomic mass is 19.1. The summed E-state index contributed by atoms with van der Waals surface area (Å²) in [5.41, 5.74) is 2.08. The molecule has 0 bridgehead atoms. The van der Waals surface area contributed by atoms with Gasteiger partial charge in [0.05, 0.1) is 23.7 Å². The molecule has 4 rings (SSSR count). The lowest BCUT2D eigenvalue weighted by molar-refractivity contribution is -0.142. The van der Waals surface area contributed by atoms with Gasteiger partial charge in [-0.15, -0.1) is 0 Å². The van der Waals surface area contributed by atoms with Crippen molar-refractivity contribution in [3.05, 3.63) is 89.7 Å². The summed E-state index contributed by atoms with van der Waals surface area (Å²) in [7, 11) is 1.24. The van der Waals surface area contributed by atoms with Crippen molar-refractivity contribution in [3.63, 3.8) is 0 Å². The van der Waals surface area contributed by atoms with Gasteiger partial charge in [-0.25, -0.2) is 14.2 Å². The van der Waals surface area contributed by atoms with Crippen molar-refractivity contribution < 1.29 is 18.7 Å². The van der Waals surface area contributed by atoms with Gasteiger partial charge in [-0.05, 0) is 23.8 Å². The summed E-state index contributed by atoms with van der Waals surface area (Å²) in [4.78, 5) is 30.3. The largest absolute Gasteiger partial charge is 0.467 e. The van der Waals surface area contributed by atoms with Gasteiger partial charge in [-0.1, -0.05) is 54.6 Å². The zero-order valence-corrected chi connectivity index (χ0v) is 16.3. The quantitative estimate of drug-likeness (QED) is 0.404. The van der Waals surface area contributed by atoms with E-state index in [1.807, 2.05) is 48.5 Å². The second-order valence-corrected chi connectivity index (χ2v) is 6.87. The molecule has 0 unspecified atom stereocenters. The molecule has 1 atom stereocenters. The lowest BCUT2D eigenvalue weighted by Gasteiger charge is -2.18. The van der Waals surface area contributed by atoms with E-state index in [4.69, 9.17) is 4.74 Å². The van der Waals surface area contributed by atoms with E-state index >= 15 is 0 Å². The molecule has 1 aromatic heterocycles. The van der Waals surface area contributed by atoms with E-state index in [1.54, 1.807) is 18.2 Å². The number of pyridine rings is 1. The first-order valence-corrected chi connectivity index (χ1v) is 9.48. The van der Waals surface area contributed by atoms with Gasteiger partial charge >= 0.3 is 5.97 Å². The summed E-state index contributed by atoms with van der Waals surface area (Å²) >= 11 is 0. The Hall–Kier alpha value is -3.80. The Morgan fingerprint density at radius 3 is 2.10 bits per heavy atom. The Labute approximate surface area is 172 Å². The Balaban J connectivity index is 1.76. The zero-order valence-electron chi connectivity index (χ0n) is 16.3. The zero-order chi connectivity index (χ0) is 21.1. The van der Waals surface area contributed by atoms with Gasteiger partial charge in [0.15, 0.2) is 0 Å². The maximum absolute atomic E-state index is 14.1. The molecule has 0 aliphatic heterocycles. The van der Waals surface area contributed by atoms with Gasteiger partial charge in [-0.3, -0.25) is 4.79 Å². The minimum Gasteiger partial charge on any atom is -0.467 e. The van der Waals surface area contributed by atoms with Gasteiger partial charge in [0.2, 0.25) is 0 Å². The van der Waals surface area contributed by atoms with Gasteiger partial charge < -0.3 is 10.1 Å². The number of nitrogens with one attached hydrogen (secondary N) is 1. The SMILES string of the molecule is COC(=O)[C@@H](Cc1ccccc1F)NC(=O)c1c2ccccc2nc2ccccc12. The molecular formula is C24H19FN2O3. The average Bonchev–Trinajstić information content (AvgIpc) is 2.77. The molecule has 4 aromatic rings. The minimum atomic E-state index is -1.04. The van der Waals surface area contributed by atoms with Crippen LogP contribution in [0, 0.1) is 5.82 Å². The molecule has 6 heteroatoms. The summed E-state index contributed by atoms with van der Waals surface area (Å²) in [6.07, 6.45) is -0.0218. The van der Waals surface area contributed by atoms with Crippen LogP contribution in [0.5, 0.6) is 0 Å². The molecule has 0 saturated carbocycles. The van der Waals surface area contributed by atoms with Crippen LogP contribution in [-0.4, -0.2) is 30.0 Å². The van der Waals surface area contributed by atoms with Gasteiger partial charge in [0.1, 0.15) is 11.9 Å².